The Balaban J connectivity index is 2.63. The highest BCUT2D eigenvalue weighted by Gasteiger charge is 2.30. The lowest BCUT2D eigenvalue weighted by Gasteiger charge is -2.18. The maximum absolute atomic E-state index is 10.7. The van der Waals surface area contributed by atoms with Crippen molar-refractivity contribution in [2.45, 2.75) is 19.1 Å². The summed E-state index contributed by atoms with van der Waals surface area (Å²) in [4.78, 5) is 10.7. The van der Waals surface area contributed by atoms with Gasteiger partial charge in [-0.25, -0.2) is 4.79 Å². The van der Waals surface area contributed by atoms with E-state index in [1.807, 2.05) is 6.07 Å². The van der Waals surface area contributed by atoms with Crippen molar-refractivity contribution >= 4 is 5.97 Å². The van der Waals surface area contributed by atoms with E-state index in [0.717, 1.165) is 5.56 Å². The Morgan fingerprint density at radius 3 is 2.76 bits per heavy atom. The Labute approximate surface area is 99.6 Å². The van der Waals surface area contributed by atoms with Crippen molar-refractivity contribution < 1.29 is 24.5 Å². The Hall–Kier alpha value is -1.59. The fraction of sp³-hybridized carbons (Fsp3) is 0.417. The minimum atomic E-state index is -1.89. The highest BCUT2D eigenvalue weighted by Crippen LogP contribution is 2.16. The van der Waals surface area contributed by atoms with Gasteiger partial charge < -0.3 is 19.7 Å². The molecule has 0 radical (unpaired) electrons. The second-order valence-electron chi connectivity index (χ2n) is 3.95. The lowest BCUT2D eigenvalue weighted by Crippen LogP contribution is -2.41. The van der Waals surface area contributed by atoms with Crippen LogP contribution >= 0.6 is 0 Å². The summed E-state index contributed by atoms with van der Waals surface area (Å²) in [5.41, 5.74) is -0.975. The van der Waals surface area contributed by atoms with Crippen LogP contribution in [-0.4, -0.2) is 35.5 Å². The van der Waals surface area contributed by atoms with Gasteiger partial charge in [-0.2, -0.15) is 0 Å². The highest BCUT2D eigenvalue weighted by atomic mass is 16.5. The van der Waals surface area contributed by atoms with Gasteiger partial charge in [-0.3, -0.25) is 0 Å². The summed E-state index contributed by atoms with van der Waals surface area (Å²) in [7, 11) is 1.59. The fourth-order valence-corrected chi connectivity index (χ4v) is 1.18. The molecule has 0 aliphatic heterocycles. The van der Waals surface area contributed by atoms with Crippen molar-refractivity contribution in [3.63, 3.8) is 0 Å². The molecule has 1 atom stereocenters. The van der Waals surface area contributed by atoms with Crippen LogP contribution in [0.5, 0.6) is 5.75 Å². The molecule has 0 saturated heterocycles. The predicted octanol–water partition coefficient (Wildman–Crippen LogP) is 1.05. The minimum absolute atomic E-state index is 0.307. The number of carboxylic acid groups (broad SMARTS) is 1. The van der Waals surface area contributed by atoms with Gasteiger partial charge in [0.25, 0.3) is 0 Å². The smallest absolute Gasteiger partial charge is 0.339 e. The SMILES string of the molecule is COCc1cccc(OCC(C)(O)C(=O)O)c1. The number of aliphatic hydroxyl groups is 1. The summed E-state index contributed by atoms with van der Waals surface area (Å²) >= 11 is 0. The molecule has 0 heterocycles. The summed E-state index contributed by atoms with van der Waals surface area (Å²) in [5.74, 6) is -0.813. The van der Waals surface area contributed by atoms with Crippen LogP contribution in [0.2, 0.25) is 0 Å². The highest BCUT2D eigenvalue weighted by molar-refractivity contribution is 5.76. The van der Waals surface area contributed by atoms with Crippen LogP contribution in [0.15, 0.2) is 24.3 Å². The molecule has 0 spiro atoms. The van der Waals surface area contributed by atoms with Crippen molar-refractivity contribution in [3.05, 3.63) is 29.8 Å². The van der Waals surface area contributed by atoms with Crippen LogP contribution in [-0.2, 0) is 16.1 Å². The number of carbonyl (C=O) groups is 1. The van der Waals surface area contributed by atoms with E-state index < -0.39 is 11.6 Å². The molecule has 0 aliphatic rings. The summed E-state index contributed by atoms with van der Waals surface area (Å²) in [6.45, 7) is 1.33. The van der Waals surface area contributed by atoms with Crippen molar-refractivity contribution in [1.29, 1.82) is 0 Å². The van der Waals surface area contributed by atoms with Gasteiger partial charge >= 0.3 is 5.97 Å². The fourth-order valence-electron chi connectivity index (χ4n) is 1.18. The molecule has 0 aliphatic carbocycles. The van der Waals surface area contributed by atoms with E-state index in [-0.39, 0.29) is 6.61 Å². The van der Waals surface area contributed by atoms with E-state index in [1.54, 1.807) is 25.3 Å². The molecule has 1 rings (SSSR count). The van der Waals surface area contributed by atoms with Crippen LogP contribution in [0.4, 0.5) is 0 Å². The molecule has 5 heteroatoms. The second-order valence-corrected chi connectivity index (χ2v) is 3.95. The number of benzene rings is 1. The van der Waals surface area contributed by atoms with Gasteiger partial charge in [0.1, 0.15) is 12.4 Å². The monoisotopic (exact) mass is 240 g/mol. The van der Waals surface area contributed by atoms with Crippen LogP contribution in [0.1, 0.15) is 12.5 Å². The third kappa shape index (κ3) is 4.05. The van der Waals surface area contributed by atoms with Gasteiger partial charge in [0.15, 0.2) is 5.60 Å². The Morgan fingerprint density at radius 2 is 2.18 bits per heavy atom. The number of aliphatic carboxylic acids is 1. The number of carboxylic acids is 1. The first kappa shape index (κ1) is 13.5. The van der Waals surface area contributed by atoms with Crippen LogP contribution < -0.4 is 4.74 Å². The number of ether oxygens (including phenoxy) is 2. The molecule has 0 saturated carbocycles. The molecule has 1 aromatic rings. The molecule has 1 unspecified atom stereocenters. The maximum atomic E-state index is 10.7. The third-order valence-electron chi connectivity index (χ3n) is 2.19. The first-order valence-corrected chi connectivity index (χ1v) is 5.12. The number of hydrogen-bond acceptors (Lipinski definition) is 4. The lowest BCUT2D eigenvalue weighted by atomic mass is 10.1. The van der Waals surface area contributed by atoms with Crippen molar-refractivity contribution in [2.75, 3.05) is 13.7 Å². The molecule has 0 bridgehead atoms. The van der Waals surface area contributed by atoms with Crippen molar-refractivity contribution in [3.8, 4) is 5.75 Å². The third-order valence-corrected chi connectivity index (χ3v) is 2.19. The van der Waals surface area contributed by atoms with Gasteiger partial charge in [0.2, 0.25) is 0 Å². The zero-order valence-electron chi connectivity index (χ0n) is 9.84. The quantitative estimate of drug-likeness (QED) is 0.777. The maximum Gasteiger partial charge on any atom is 0.339 e. The normalized spacial score (nSPS) is 14.1. The van der Waals surface area contributed by atoms with Gasteiger partial charge in [0, 0.05) is 7.11 Å². The second kappa shape index (κ2) is 5.65. The molecule has 0 fully saturated rings. The molecule has 2 N–H and O–H groups in total. The number of rotatable bonds is 6. The summed E-state index contributed by atoms with van der Waals surface area (Å²) in [5, 5.41) is 18.2. The summed E-state index contributed by atoms with van der Waals surface area (Å²) in [6.07, 6.45) is 0. The summed E-state index contributed by atoms with van der Waals surface area (Å²) in [6, 6.07) is 7.07. The first-order valence-electron chi connectivity index (χ1n) is 5.12. The molecule has 17 heavy (non-hydrogen) atoms. The van der Waals surface area contributed by atoms with Gasteiger partial charge in [-0.05, 0) is 24.6 Å². The molecule has 94 valence electrons. The van der Waals surface area contributed by atoms with Crippen LogP contribution in [0.3, 0.4) is 0 Å². The van der Waals surface area contributed by atoms with E-state index in [0.29, 0.717) is 12.4 Å². The Bertz CT molecular complexity index is 386. The lowest BCUT2D eigenvalue weighted by molar-refractivity contribution is -0.159. The van der Waals surface area contributed by atoms with E-state index in [9.17, 15) is 9.90 Å². The average Bonchev–Trinajstić information content (AvgIpc) is 2.27. The van der Waals surface area contributed by atoms with Gasteiger partial charge in [-0.1, -0.05) is 12.1 Å². The van der Waals surface area contributed by atoms with Crippen molar-refractivity contribution in [1.82, 2.24) is 0 Å². The first-order chi connectivity index (χ1) is 7.95. The van der Waals surface area contributed by atoms with Gasteiger partial charge in [-0.15, -0.1) is 0 Å². The van der Waals surface area contributed by atoms with E-state index in [1.165, 1.54) is 6.92 Å². The largest absolute Gasteiger partial charge is 0.490 e. The standard InChI is InChI=1S/C12H16O5/c1-12(15,11(13)14)8-17-10-5-3-4-9(6-10)7-16-2/h3-6,15H,7-8H2,1-2H3,(H,13,14). The average molecular weight is 240 g/mol. The van der Waals surface area contributed by atoms with E-state index in [4.69, 9.17) is 14.6 Å². The number of methoxy groups -OCH3 is 1. The summed E-state index contributed by atoms with van der Waals surface area (Å²) < 4.78 is 10.2. The zero-order chi connectivity index (χ0) is 12.9. The molecule has 1 aromatic carbocycles. The molecule has 5 nitrogen and oxygen atoms in total. The minimum Gasteiger partial charge on any atom is -0.490 e. The topological polar surface area (TPSA) is 76.0 Å². The van der Waals surface area contributed by atoms with E-state index >= 15 is 0 Å². The van der Waals surface area contributed by atoms with Crippen LogP contribution in [0.25, 0.3) is 0 Å². The predicted molar refractivity (Wildman–Crippen MR) is 60.9 cm³/mol. The molecular weight excluding hydrogens is 224 g/mol. The Kier molecular flexibility index (Phi) is 4.48. The van der Waals surface area contributed by atoms with Gasteiger partial charge in [0.05, 0.1) is 6.61 Å². The zero-order valence-corrected chi connectivity index (χ0v) is 9.84. The molecular formula is C12H16O5. The Morgan fingerprint density at radius 1 is 1.47 bits per heavy atom. The number of hydrogen-bond donors (Lipinski definition) is 2. The molecule has 0 aromatic heterocycles. The molecule has 0 amide bonds. The van der Waals surface area contributed by atoms with E-state index in [2.05, 4.69) is 0 Å². The van der Waals surface area contributed by atoms with Crippen LogP contribution in [0, 0.1) is 0 Å². The van der Waals surface area contributed by atoms with Crippen molar-refractivity contribution in [2.24, 2.45) is 0 Å².